The molecule has 0 aliphatic heterocycles. The van der Waals surface area contributed by atoms with E-state index in [1.54, 1.807) is 11.3 Å². The molecule has 17 heavy (non-hydrogen) atoms. The molecule has 0 atom stereocenters. The minimum absolute atomic E-state index is 0.376. The Labute approximate surface area is 105 Å². The quantitative estimate of drug-likeness (QED) is 0.878. The number of thiazole rings is 1. The maximum absolute atomic E-state index is 9.74. The molecule has 90 valence electrons. The standard InChI is InChI=1S/C13H16N2OS/c1-8-4-10(5-9(2)12(8)16)13-15-7-11(17-13)6-14-3/h4-5,7,14,16H,6H2,1-3H3. The normalized spacial score (nSPS) is 10.8. The van der Waals surface area contributed by atoms with Gasteiger partial charge in [0.25, 0.3) is 0 Å². The molecule has 1 heterocycles. The van der Waals surface area contributed by atoms with Gasteiger partial charge in [0.05, 0.1) is 0 Å². The van der Waals surface area contributed by atoms with Crippen molar-refractivity contribution in [1.82, 2.24) is 10.3 Å². The van der Waals surface area contributed by atoms with Crippen LogP contribution in [0.15, 0.2) is 18.3 Å². The van der Waals surface area contributed by atoms with Crippen LogP contribution in [0.1, 0.15) is 16.0 Å². The van der Waals surface area contributed by atoms with Gasteiger partial charge in [-0.15, -0.1) is 11.3 Å². The van der Waals surface area contributed by atoms with Crippen molar-refractivity contribution >= 4 is 11.3 Å². The minimum Gasteiger partial charge on any atom is -0.507 e. The third-order valence-electron chi connectivity index (χ3n) is 2.64. The lowest BCUT2D eigenvalue weighted by molar-refractivity contribution is 0.467. The van der Waals surface area contributed by atoms with Gasteiger partial charge in [-0.3, -0.25) is 0 Å². The van der Waals surface area contributed by atoms with E-state index in [4.69, 9.17) is 0 Å². The second-order valence-electron chi connectivity index (χ2n) is 4.12. The number of phenolic OH excluding ortho intramolecular Hbond substituents is 1. The van der Waals surface area contributed by atoms with Crippen LogP contribution in [0.5, 0.6) is 5.75 Å². The van der Waals surface area contributed by atoms with Crippen molar-refractivity contribution in [3.05, 3.63) is 34.3 Å². The molecule has 0 unspecified atom stereocenters. The van der Waals surface area contributed by atoms with Crippen LogP contribution in [0.25, 0.3) is 10.6 Å². The molecule has 0 aliphatic rings. The van der Waals surface area contributed by atoms with Gasteiger partial charge in [-0.1, -0.05) is 0 Å². The molecular formula is C13H16N2OS. The van der Waals surface area contributed by atoms with Gasteiger partial charge in [-0.05, 0) is 44.2 Å². The minimum atomic E-state index is 0.376. The van der Waals surface area contributed by atoms with E-state index in [0.29, 0.717) is 5.75 Å². The van der Waals surface area contributed by atoms with Crippen LogP contribution in [0.2, 0.25) is 0 Å². The van der Waals surface area contributed by atoms with E-state index in [1.807, 2.05) is 39.2 Å². The molecule has 0 radical (unpaired) electrons. The van der Waals surface area contributed by atoms with Crippen LogP contribution in [0, 0.1) is 13.8 Å². The summed E-state index contributed by atoms with van der Waals surface area (Å²) in [6.45, 7) is 4.66. The van der Waals surface area contributed by atoms with Gasteiger partial charge in [0.2, 0.25) is 0 Å². The highest BCUT2D eigenvalue weighted by Gasteiger charge is 2.08. The van der Waals surface area contributed by atoms with Crippen LogP contribution in [-0.4, -0.2) is 17.1 Å². The summed E-state index contributed by atoms with van der Waals surface area (Å²) < 4.78 is 0. The molecule has 0 aliphatic carbocycles. The Kier molecular flexibility index (Phi) is 3.45. The van der Waals surface area contributed by atoms with E-state index >= 15 is 0 Å². The maximum atomic E-state index is 9.74. The number of aryl methyl sites for hydroxylation is 2. The molecule has 1 aromatic heterocycles. The smallest absolute Gasteiger partial charge is 0.123 e. The second-order valence-corrected chi connectivity index (χ2v) is 5.24. The first-order chi connectivity index (χ1) is 8.11. The molecule has 0 saturated heterocycles. The summed E-state index contributed by atoms with van der Waals surface area (Å²) in [5.41, 5.74) is 2.86. The predicted octanol–water partition coefficient (Wildman–Crippen LogP) is 2.85. The molecule has 0 spiro atoms. The fourth-order valence-corrected chi connectivity index (χ4v) is 2.69. The molecule has 2 rings (SSSR count). The number of hydrogen-bond donors (Lipinski definition) is 2. The molecular weight excluding hydrogens is 232 g/mol. The molecule has 3 nitrogen and oxygen atoms in total. The van der Waals surface area contributed by atoms with Crippen molar-refractivity contribution in [3.63, 3.8) is 0 Å². The lowest BCUT2D eigenvalue weighted by atomic mass is 10.1. The van der Waals surface area contributed by atoms with Gasteiger partial charge in [0.1, 0.15) is 10.8 Å². The topological polar surface area (TPSA) is 45.2 Å². The molecule has 0 saturated carbocycles. The van der Waals surface area contributed by atoms with Crippen molar-refractivity contribution in [1.29, 1.82) is 0 Å². The molecule has 2 N–H and O–H groups in total. The van der Waals surface area contributed by atoms with Crippen LogP contribution >= 0.6 is 11.3 Å². The number of nitrogens with one attached hydrogen (secondary N) is 1. The lowest BCUT2D eigenvalue weighted by Crippen LogP contribution is -2.02. The average molecular weight is 248 g/mol. The number of phenols is 1. The predicted molar refractivity (Wildman–Crippen MR) is 71.5 cm³/mol. The van der Waals surface area contributed by atoms with E-state index in [-0.39, 0.29) is 0 Å². The fraction of sp³-hybridized carbons (Fsp3) is 0.308. The highest BCUT2D eigenvalue weighted by atomic mass is 32.1. The highest BCUT2D eigenvalue weighted by Crippen LogP contribution is 2.31. The van der Waals surface area contributed by atoms with E-state index in [9.17, 15) is 5.11 Å². The first-order valence-electron chi connectivity index (χ1n) is 5.51. The summed E-state index contributed by atoms with van der Waals surface area (Å²) in [6.07, 6.45) is 1.90. The van der Waals surface area contributed by atoms with Gasteiger partial charge >= 0.3 is 0 Å². The van der Waals surface area contributed by atoms with Crippen LogP contribution in [0.4, 0.5) is 0 Å². The first-order valence-corrected chi connectivity index (χ1v) is 6.33. The number of aromatic nitrogens is 1. The monoisotopic (exact) mass is 248 g/mol. The van der Waals surface area contributed by atoms with Gasteiger partial charge < -0.3 is 10.4 Å². The number of rotatable bonds is 3. The zero-order valence-corrected chi connectivity index (χ0v) is 11.1. The summed E-state index contributed by atoms with van der Waals surface area (Å²) in [7, 11) is 1.92. The Morgan fingerprint density at radius 2 is 1.94 bits per heavy atom. The summed E-state index contributed by atoms with van der Waals surface area (Å²) in [5.74, 6) is 0.376. The van der Waals surface area contributed by atoms with Crippen LogP contribution in [0.3, 0.4) is 0 Å². The Morgan fingerprint density at radius 3 is 2.53 bits per heavy atom. The van der Waals surface area contributed by atoms with Gasteiger partial charge in [-0.2, -0.15) is 0 Å². The molecule has 0 bridgehead atoms. The van der Waals surface area contributed by atoms with Gasteiger partial charge in [0.15, 0.2) is 0 Å². The van der Waals surface area contributed by atoms with Crippen molar-refractivity contribution < 1.29 is 5.11 Å². The zero-order valence-electron chi connectivity index (χ0n) is 10.2. The third-order valence-corrected chi connectivity index (χ3v) is 3.69. The van der Waals surface area contributed by atoms with Gasteiger partial charge in [0, 0.05) is 23.2 Å². The van der Waals surface area contributed by atoms with E-state index in [1.165, 1.54) is 4.88 Å². The van der Waals surface area contributed by atoms with Crippen LogP contribution < -0.4 is 5.32 Å². The molecule has 2 aromatic rings. The lowest BCUT2D eigenvalue weighted by Gasteiger charge is -2.05. The molecule has 1 aromatic carbocycles. The highest BCUT2D eigenvalue weighted by molar-refractivity contribution is 7.15. The summed E-state index contributed by atoms with van der Waals surface area (Å²) in [4.78, 5) is 5.63. The van der Waals surface area contributed by atoms with Crippen molar-refractivity contribution in [2.24, 2.45) is 0 Å². The zero-order chi connectivity index (χ0) is 12.4. The van der Waals surface area contributed by atoms with Crippen molar-refractivity contribution in [2.75, 3.05) is 7.05 Å². The average Bonchev–Trinajstić information content (AvgIpc) is 2.74. The number of nitrogens with zero attached hydrogens (tertiary/aromatic N) is 1. The Balaban J connectivity index is 2.39. The first kappa shape index (κ1) is 12.1. The number of aromatic hydroxyl groups is 1. The van der Waals surface area contributed by atoms with Crippen molar-refractivity contribution in [3.8, 4) is 16.3 Å². The fourth-order valence-electron chi connectivity index (χ4n) is 1.78. The second kappa shape index (κ2) is 4.85. The van der Waals surface area contributed by atoms with Crippen molar-refractivity contribution in [2.45, 2.75) is 20.4 Å². The number of benzene rings is 1. The third kappa shape index (κ3) is 2.48. The summed E-state index contributed by atoms with van der Waals surface area (Å²) in [5, 5.41) is 13.9. The van der Waals surface area contributed by atoms with E-state index in [2.05, 4.69) is 10.3 Å². The maximum Gasteiger partial charge on any atom is 0.123 e. The van der Waals surface area contributed by atoms with Gasteiger partial charge in [-0.25, -0.2) is 4.98 Å². The van der Waals surface area contributed by atoms with E-state index in [0.717, 1.165) is 28.2 Å². The molecule has 4 heteroatoms. The van der Waals surface area contributed by atoms with Crippen LogP contribution in [-0.2, 0) is 6.54 Å². The Bertz CT molecular complexity index is 511. The van der Waals surface area contributed by atoms with E-state index < -0.39 is 0 Å². The number of hydrogen-bond acceptors (Lipinski definition) is 4. The Morgan fingerprint density at radius 1 is 1.29 bits per heavy atom. The molecule has 0 amide bonds. The largest absolute Gasteiger partial charge is 0.507 e. The molecule has 0 fully saturated rings. The summed E-state index contributed by atoms with van der Waals surface area (Å²) in [6, 6.07) is 3.95. The SMILES string of the molecule is CNCc1cnc(-c2cc(C)c(O)c(C)c2)s1. The summed E-state index contributed by atoms with van der Waals surface area (Å²) >= 11 is 1.68. The Hall–Kier alpha value is -1.39.